The molecule has 0 saturated heterocycles. The number of amidine groups is 1. The zero-order valence-electron chi connectivity index (χ0n) is 13.4. The molecule has 0 radical (unpaired) electrons. The largest absolute Gasteiger partial charge is 0.509 e. The maximum Gasteiger partial charge on any atom is 0.156 e. The molecule has 6 nitrogen and oxygen atoms in total. The number of halogens is 2. The first-order valence-corrected chi connectivity index (χ1v) is 8.51. The van der Waals surface area contributed by atoms with Crippen LogP contribution in [0.5, 0.6) is 0 Å². The summed E-state index contributed by atoms with van der Waals surface area (Å²) < 4.78 is 0. The molecule has 26 heavy (non-hydrogen) atoms. The number of aromatic nitrogens is 2. The van der Waals surface area contributed by atoms with E-state index in [1.807, 2.05) is 24.3 Å². The summed E-state index contributed by atoms with van der Waals surface area (Å²) >= 11 is 12.0. The second-order valence-corrected chi connectivity index (χ2v) is 6.58. The van der Waals surface area contributed by atoms with Crippen molar-refractivity contribution in [2.24, 2.45) is 5.10 Å². The van der Waals surface area contributed by atoms with Crippen LogP contribution in [0, 0.1) is 5.41 Å². The Morgan fingerprint density at radius 3 is 2.81 bits per heavy atom. The van der Waals surface area contributed by atoms with Crippen LogP contribution in [0.15, 0.2) is 53.3 Å². The monoisotopic (exact) mass is 385 g/mol. The minimum Gasteiger partial charge on any atom is -0.509 e. The summed E-state index contributed by atoms with van der Waals surface area (Å²) in [6.07, 6.45) is 1.53. The Kier molecular flexibility index (Phi) is 4.14. The van der Waals surface area contributed by atoms with Crippen molar-refractivity contribution in [3.63, 3.8) is 0 Å². The molecule has 2 aromatic carbocycles. The predicted octanol–water partition coefficient (Wildman–Crippen LogP) is 4.47. The fourth-order valence-corrected chi connectivity index (χ4v) is 3.18. The summed E-state index contributed by atoms with van der Waals surface area (Å²) in [6.45, 7) is 0.0902. The van der Waals surface area contributed by atoms with Gasteiger partial charge in [0.1, 0.15) is 23.7 Å². The Hall–Kier alpha value is -2.83. The lowest BCUT2D eigenvalue weighted by Gasteiger charge is -2.11. The van der Waals surface area contributed by atoms with E-state index in [1.54, 1.807) is 18.2 Å². The summed E-state index contributed by atoms with van der Waals surface area (Å²) in [5.41, 5.74) is 2.61. The Morgan fingerprint density at radius 1 is 1.23 bits per heavy atom. The van der Waals surface area contributed by atoms with Gasteiger partial charge in [-0.1, -0.05) is 41.4 Å². The highest BCUT2D eigenvalue weighted by Crippen LogP contribution is 2.27. The first-order valence-electron chi connectivity index (χ1n) is 7.75. The lowest BCUT2D eigenvalue weighted by Crippen LogP contribution is -2.21. The van der Waals surface area contributed by atoms with Crippen LogP contribution in [-0.2, 0) is 0 Å². The fourth-order valence-electron chi connectivity index (χ4n) is 2.72. The lowest BCUT2D eigenvalue weighted by atomic mass is 10.2. The Bertz CT molecular complexity index is 1050. The van der Waals surface area contributed by atoms with Gasteiger partial charge in [0.25, 0.3) is 0 Å². The maximum atomic E-state index is 10.3. The predicted molar refractivity (Wildman–Crippen MR) is 104 cm³/mol. The molecule has 0 atom stereocenters. The fraction of sp³-hybridized carbons (Fsp3) is 0.0556. The van der Waals surface area contributed by atoms with E-state index in [0.29, 0.717) is 27.0 Å². The molecular formula is C18H13Cl2N5O. The highest BCUT2D eigenvalue weighted by molar-refractivity contribution is 6.36. The van der Waals surface area contributed by atoms with E-state index in [0.717, 1.165) is 11.0 Å². The van der Waals surface area contributed by atoms with Crippen molar-refractivity contribution >= 4 is 51.9 Å². The van der Waals surface area contributed by atoms with Gasteiger partial charge in [-0.3, -0.25) is 5.41 Å². The van der Waals surface area contributed by atoms with Gasteiger partial charge in [0.2, 0.25) is 0 Å². The van der Waals surface area contributed by atoms with Crippen molar-refractivity contribution in [3.8, 4) is 0 Å². The number of fused-ring (bicyclic) bond motifs is 1. The molecule has 1 aromatic heterocycles. The molecule has 0 amide bonds. The van der Waals surface area contributed by atoms with Crippen molar-refractivity contribution in [1.82, 2.24) is 15.0 Å². The Morgan fingerprint density at radius 2 is 2.04 bits per heavy atom. The topological polar surface area (TPSA) is 88.4 Å². The standard InChI is InChI=1S/C18H13Cl2N5O/c19-11-6-5-10(12(20)7-11)8-22-25-9-15(26)16(17(25)21)18-23-13-3-1-2-4-14(13)24-18/h1-8,21,26H,9H2,(H,23,24)/b21-17?,22-8-. The third kappa shape index (κ3) is 2.94. The van der Waals surface area contributed by atoms with Crippen molar-refractivity contribution in [2.75, 3.05) is 6.54 Å². The van der Waals surface area contributed by atoms with E-state index in [4.69, 9.17) is 28.6 Å². The van der Waals surface area contributed by atoms with E-state index in [2.05, 4.69) is 15.1 Å². The number of hydrogen-bond donors (Lipinski definition) is 3. The maximum absolute atomic E-state index is 10.3. The smallest absolute Gasteiger partial charge is 0.156 e. The molecule has 3 N–H and O–H groups in total. The van der Waals surface area contributed by atoms with E-state index in [9.17, 15) is 5.11 Å². The summed E-state index contributed by atoms with van der Waals surface area (Å²) in [7, 11) is 0. The zero-order chi connectivity index (χ0) is 18.3. The minimum atomic E-state index is 0.0356. The third-order valence-electron chi connectivity index (χ3n) is 4.01. The number of hydrogen-bond acceptors (Lipinski definition) is 4. The third-order valence-corrected chi connectivity index (χ3v) is 4.57. The molecule has 1 aliphatic rings. The van der Waals surface area contributed by atoms with Gasteiger partial charge in [-0.15, -0.1) is 0 Å². The lowest BCUT2D eigenvalue weighted by molar-refractivity contribution is 0.358. The van der Waals surface area contributed by atoms with Crippen molar-refractivity contribution in [3.05, 3.63) is 69.7 Å². The molecule has 1 aliphatic heterocycles. The van der Waals surface area contributed by atoms with Gasteiger partial charge in [-0.2, -0.15) is 5.10 Å². The number of aliphatic hydroxyl groups excluding tert-OH is 1. The number of benzene rings is 2. The van der Waals surface area contributed by atoms with Gasteiger partial charge in [0.05, 0.1) is 22.3 Å². The van der Waals surface area contributed by atoms with Gasteiger partial charge in [0.15, 0.2) is 5.84 Å². The van der Waals surface area contributed by atoms with Crippen LogP contribution >= 0.6 is 23.2 Å². The molecule has 0 aliphatic carbocycles. The van der Waals surface area contributed by atoms with Crippen molar-refractivity contribution < 1.29 is 5.11 Å². The number of rotatable bonds is 3. The van der Waals surface area contributed by atoms with Crippen LogP contribution in [0.1, 0.15) is 11.4 Å². The highest BCUT2D eigenvalue weighted by Gasteiger charge is 2.30. The summed E-state index contributed by atoms with van der Waals surface area (Å²) in [5.74, 6) is 0.534. The number of imidazole rings is 1. The van der Waals surface area contributed by atoms with E-state index in [-0.39, 0.29) is 18.1 Å². The number of hydrazone groups is 1. The molecule has 130 valence electrons. The average Bonchev–Trinajstić information content (AvgIpc) is 3.14. The second-order valence-electron chi connectivity index (χ2n) is 5.74. The number of aromatic amines is 1. The summed E-state index contributed by atoms with van der Waals surface area (Å²) in [6, 6.07) is 12.6. The van der Waals surface area contributed by atoms with Crippen LogP contribution in [0.25, 0.3) is 16.6 Å². The van der Waals surface area contributed by atoms with Crippen LogP contribution in [0.2, 0.25) is 10.0 Å². The molecule has 0 fully saturated rings. The number of aliphatic hydroxyl groups is 1. The second kappa shape index (κ2) is 6.48. The number of nitrogens with zero attached hydrogens (tertiary/aromatic N) is 3. The normalized spacial score (nSPS) is 15.0. The average molecular weight is 386 g/mol. The molecular weight excluding hydrogens is 373 g/mol. The first-order chi connectivity index (χ1) is 12.5. The van der Waals surface area contributed by atoms with Gasteiger partial charge in [0, 0.05) is 10.6 Å². The van der Waals surface area contributed by atoms with Crippen LogP contribution < -0.4 is 0 Å². The SMILES string of the molecule is N=C1C(c2nc3ccccc3[nH]2)=C(O)CN1/N=C\c1ccc(Cl)cc1Cl. The van der Waals surface area contributed by atoms with Crippen LogP contribution in [-0.4, -0.2) is 38.7 Å². The van der Waals surface area contributed by atoms with Crippen molar-refractivity contribution in [1.29, 1.82) is 5.41 Å². The minimum absolute atomic E-state index is 0.0356. The molecule has 0 bridgehead atoms. The highest BCUT2D eigenvalue weighted by atomic mass is 35.5. The molecule has 0 spiro atoms. The summed E-state index contributed by atoms with van der Waals surface area (Å²) in [5, 5.41) is 25.3. The van der Waals surface area contributed by atoms with Gasteiger partial charge in [-0.25, -0.2) is 9.99 Å². The first kappa shape index (κ1) is 16.6. The number of nitrogens with one attached hydrogen (secondary N) is 2. The molecule has 4 rings (SSSR count). The van der Waals surface area contributed by atoms with Gasteiger partial charge < -0.3 is 10.1 Å². The van der Waals surface area contributed by atoms with E-state index >= 15 is 0 Å². The quantitative estimate of drug-likeness (QED) is 0.581. The van der Waals surface area contributed by atoms with Gasteiger partial charge >= 0.3 is 0 Å². The molecule has 3 aromatic rings. The number of para-hydroxylation sites is 2. The van der Waals surface area contributed by atoms with Crippen LogP contribution in [0.3, 0.4) is 0 Å². The zero-order valence-corrected chi connectivity index (χ0v) is 14.9. The molecule has 0 saturated carbocycles. The molecule has 0 unspecified atom stereocenters. The van der Waals surface area contributed by atoms with Crippen LogP contribution in [0.4, 0.5) is 0 Å². The van der Waals surface area contributed by atoms with Crippen molar-refractivity contribution in [2.45, 2.75) is 0 Å². The summed E-state index contributed by atoms with van der Waals surface area (Å²) in [4.78, 5) is 7.57. The Balaban J connectivity index is 1.61. The van der Waals surface area contributed by atoms with E-state index < -0.39 is 0 Å². The van der Waals surface area contributed by atoms with Gasteiger partial charge in [-0.05, 0) is 24.3 Å². The molecule has 8 heteroatoms. The van der Waals surface area contributed by atoms with E-state index in [1.165, 1.54) is 11.2 Å². The molecule has 2 heterocycles. The number of H-pyrrole nitrogens is 1. The Labute approximate surface area is 158 Å².